The van der Waals surface area contributed by atoms with Gasteiger partial charge < -0.3 is 9.47 Å². The Morgan fingerprint density at radius 3 is 2.54 bits per heavy atom. The third-order valence-corrected chi connectivity index (χ3v) is 4.25. The highest BCUT2D eigenvalue weighted by Crippen LogP contribution is 2.26. The number of allylic oxidation sites excluding steroid dienone is 1. The minimum Gasteiger partial charge on any atom is -0.464 e. The molecule has 0 radical (unpaired) electrons. The van der Waals surface area contributed by atoms with Crippen molar-refractivity contribution in [3.05, 3.63) is 41.6 Å². The van der Waals surface area contributed by atoms with Gasteiger partial charge in [-0.25, -0.2) is 9.10 Å². The quantitative estimate of drug-likeness (QED) is 0.761. The van der Waals surface area contributed by atoms with E-state index >= 15 is 0 Å². The van der Waals surface area contributed by atoms with E-state index in [0.29, 0.717) is 4.31 Å². The molecule has 1 heterocycles. The van der Waals surface area contributed by atoms with Crippen LogP contribution in [0.5, 0.6) is 5.75 Å². The molecule has 7 nitrogen and oxygen atoms in total. The molecule has 0 spiro atoms. The van der Waals surface area contributed by atoms with Crippen LogP contribution < -0.4 is 4.74 Å². The average molecular weight is 364 g/mol. The molecule has 0 unspecified atom stereocenters. The Labute approximate surface area is 135 Å². The number of nitrogens with zero attached hydrogens (tertiary/aromatic N) is 2. The Morgan fingerprint density at radius 2 is 1.96 bits per heavy atom. The number of esters is 1. The lowest BCUT2D eigenvalue weighted by molar-refractivity contribution is -0.274. The lowest BCUT2D eigenvalue weighted by atomic mass is 10.1. The van der Waals surface area contributed by atoms with Crippen LogP contribution in [0.4, 0.5) is 13.2 Å². The van der Waals surface area contributed by atoms with E-state index in [1.54, 1.807) is 0 Å². The largest absolute Gasteiger partial charge is 0.573 e. The first-order valence-corrected chi connectivity index (χ1v) is 7.68. The number of methoxy groups -OCH3 is 1. The zero-order valence-corrected chi connectivity index (χ0v) is 13.2. The third-order valence-electron chi connectivity index (χ3n) is 2.93. The summed E-state index contributed by atoms with van der Waals surface area (Å²) in [5.74, 6) is -1.48. The van der Waals surface area contributed by atoms with Gasteiger partial charge in [0.2, 0.25) is 0 Å². The van der Waals surface area contributed by atoms with E-state index in [1.165, 1.54) is 12.1 Å². The van der Waals surface area contributed by atoms with Gasteiger partial charge in [-0.1, -0.05) is 12.1 Å². The minimum atomic E-state index is -4.90. The Kier molecular flexibility index (Phi) is 4.56. The van der Waals surface area contributed by atoms with Gasteiger partial charge >= 0.3 is 22.5 Å². The van der Waals surface area contributed by atoms with Gasteiger partial charge in [0, 0.05) is 12.6 Å². The van der Waals surface area contributed by atoms with Crippen LogP contribution in [0.15, 0.2) is 40.4 Å². The molecule has 1 aliphatic heterocycles. The molecule has 2 rings (SSSR count). The molecule has 1 aromatic rings. The molecule has 11 heteroatoms. The summed E-state index contributed by atoms with van der Waals surface area (Å²) in [5.41, 5.74) is -0.527. The molecule has 0 aliphatic carbocycles. The van der Waals surface area contributed by atoms with Crippen LogP contribution in [0.2, 0.25) is 0 Å². The molecule has 0 N–H and O–H groups in total. The number of alkyl halides is 3. The SMILES string of the molecule is COC(=O)C1=CC(c2cccc(OC(F)(F)F)c2)=NS(=O)(=O)N1C. The van der Waals surface area contributed by atoms with E-state index in [4.69, 9.17) is 0 Å². The van der Waals surface area contributed by atoms with Gasteiger partial charge in [-0.05, 0) is 18.2 Å². The Balaban J connectivity index is 2.49. The monoisotopic (exact) mass is 364 g/mol. The summed E-state index contributed by atoms with van der Waals surface area (Å²) >= 11 is 0. The molecule has 0 amide bonds. The number of rotatable bonds is 3. The molecule has 24 heavy (non-hydrogen) atoms. The molecule has 0 atom stereocenters. The third kappa shape index (κ3) is 3.85. The Bertz CT molecular complexity index is 830. The van der Waals surface area contributed by atoms with Gasteiger partial charge in [0.05, 0.1) is 12.8 Å². The van der Waals surface area contributed by atoms with Crippen LogP contribution in [0.3, 0.4) is 0 Å². The second-order valence-corrected chi connectivity index (χ2v) is 6.14. The van der Waals surface area contributed by atoms with Crippen LogP contribution in [-0.2, 0) is 19.7 Å². The maximum absolute atomic E-state index is 12.3. The fourth-order valence-corrected chi connectivity index (χ4v) is 2.74. The predicted octanol–water partition coefficient (Wildman–Crippen LogP) is 1.62. The minimum absolute atomic E-state index is 0.0230. The molecule has 1 aliphatic rings. The zero-order valence-electron chi connectivity index (χ0n) is 12.4. The van der Waals surface area contributed by atoms with E-state index in [0.717, 1.165) is 32.4 Å². The van der Waals surface area contributed by atoms with E-state index in [9.17, 15) is 26.4 Å². The topological polar surface area (TPSA) is 85.3 Å². The standard InChI is InChI=1S/C13H11F3N2O5S/c1-18-11(12(19)22-2)7-10(17-24(18,20)21)8-4-3-5-9(6-8)23-13(14,15)16/h3-7H,1-2H3. The molecule has 0 bridgehead atoms. The van der Waals surface area contributed by atoms with Gasteiger partial charge in [-0.3, -0.25) is 0 Å². The smallest absolute Gasteiger partial charge is 0.464 e. The van der Waals surface area contributed by atoms with Crippen LogP contribution >= 0.6 is 0 Å². The summed E-state index contributed by atoms with van der Waals surface area (Å²) < 4.78 is 73.1. The molecule has 0 saturated heterocycles. The first kappa shape index (κ1) is 17.8. The van der Waals surface area contributed by atoms with Crippen LogP contribution in [0, 0.1) is 0 Å². The lowest BCUT2D eigenvalue weighted by Gasteiger charge is -2.22. The van der Waals surface area contributed by atoms with E-state index in [1.807, 2.05) is 0 Å². The fourth-order valence-electron chi connectivity index (χ4n) is 1.84. The van der Waals surface area contributed by atoms with E-state index in [2.05, 4.69) is 13.9 Å². The van der Waals surface area contributed by atoms with E-state index < -0.39 is 28.3 Å². The summed E-state index contributed by atoms with van der Waals surface area (Å²) in [4.78, 5) is 11.7. The number of hydrogen-bond acceptors (Lipinski definition) is 5. The summed E-state index contributed by atoms with van der Waals surface area (Å²) in [6, 6.07) is 4.56. The van der Waals surface area contributed by atoms with Crippen molar-refractivity contribution in [1.82, 2.24) is 4.31 Å². The number of carbonyl (C=O) groups is 1. The van der Waals surface area contributed by atoms with Crippen molar-refractivity contribution in [2.45, 2.75) is 6.36 Å². The maximum Gasteiger partial charge on any atom is 0.573 e. The molecule has 1 aromatic carbocycles. The second-order valence-electron chi connectivity index (χ2n) is 4.52. The first-order valence-electron chi connectivity index (χ1n) is 6.28. The molecular weight excluding hydrogens is 353 g/mol. The highest BCUT2D eigenvalue weighted by Gasteiger charge is 2.32. The molecular formula is C13H11F3N2O5S. The van der Waals surface area contributed by atoms with Crippen molar-refractivity contribution in [1.29, 1.82) is 0 Å². The normalized spacial score (nSPS) is 17.0. The number of ether oxygens (including phenoxy) is 2. The lowest BCUT2D eigenvalue weighted by Crippen LogP contribution is -2.33. The van der Waals surface area contributed by atoms with Crippen LogP contribution in [-0.4, -0.2) is 44.9 Å². The number of halogens is 3. The Hall–Kier alpha value is -2.56. The van der Waals surface area contributed by atoms with Gasteiger partial charge in [0.1, 0.15) is 11.4 Å². The van der Waals surface area contributed by atoms with Crippen LogP contribution in [0.25, 0.3) is 0 Å². The molecule has 0 aromatic heterocycles. The highest BCUT2D eigenvalue weighted by molar-refractivity contribution is 7.88. The van der Waals surface area contributed by atoms with Crippen LogP contribution in [0.1, 0.15) is 5.56 Å². The predicted molar refractivity (Wildman–Crippen MR) is 76.4 cm³/mol. The van der Waals surface area contributed by atoms with Gasteiger partial charge in [0.15, 0.2) is 0 Å². The number of benzene rings is 1. The number of carbonyl (C=O) groups excluding carboxylic acids is 1. The molecule has 0 fully saturated rings. The van der Waals surface area contributed by atoms with Gasteiger partial charge in [-0.15, -0.1) is 17.6 Å². The number of likely N-dealkylation sites (N-methyl/N-ethyl adjacent to an activating group) is 1. The average Bonchev–Trinajstić information content (AvgIpc) is 2.47. The summed E-state index contributed by atoms with van der Waals surface area (Å²) in [7, 11) is -2.06. The van der Waals surface area contributed by atoms with Crippen molar-refractivity contribution in [2.24, 2.45) is 4.40 Å². The van der Waals surface area contributed by atoms with Gasteiger partial charge in [0.25, 0.3) is 0 Å². The summed E-state index contributed by atoms with van der Waals surface area (Å²) in [5, 5.41) is 0. The van der Waals surface area contributed by atoms with Crippen molar-refractivity contribution >= 4 is 21.9 Å². The fraction of sp³-hybridized carbons (Fsp3) is 0.231. The second kappa shape index (κ2) is 6.15. The zero-order chi connectivity index (χ0) is 18.1. The van der Waals surface area contributed by atoms with E-state index in [-0.39, 0.29) is 17.0 Å². The highest BCUT2D eigenvalue weighted by atomic mass is 32.2. The molecule has 130 valence electrons. The van der Waals surface area contributed by atoms with Crippen molar-refractivity contribution in [2.75, 3.05) is 14.2 Å². The first-order chi connectivity index (χ1) is 11.0. The maximum atomic E-state index is 12.3. The summed E-state index contributed by atoms with van der Waals surface area (Å²) in [6.07, 6.45) is -3.80. The Morgan fingerprint density at radius 1 is 1.29 bits per heavy atom. The number of hydrogen-bond donors (Lipinski definition) is 0. The van der Waals surface area contributed by atoms with Crippen molar-refractivity contribution < 1.29 is 35.9 Å². The molecule has 0 saturated carbocycles. The van der Waals surface area contributed by atoms with Gasteiger partial charge in [-0.2, -0.15) is 8.42 Å². The van der Waals surface area contributed by atoms with Crippen molar-refractivity contribution in [3.8, 4) is 5.75 Å². The van der Waals surface area contributed by atoms with Crippen molar-refractivity contribution in [3.63, 3.8) is 0 Å². The summed E-state index contributed by atoms with van der Waals surface area (Å²) in [6.45, 7) is 0.